The van der Waals surface area contributed by atoms with Crippen molar-refractivity contribution in [3.8, 4) is 11.5 Å². The normalized spacial score (nSPS) is 10.9. The fraction of sp³-hybridized carbons (Fsp3) is 0.208. The summed E-state index contributed by atoms with van der Waals surface area (Å²) in [6, 6.07) is 20.1. The van der Waals surface area contributed by atoms with E-state index >= 15 is 0 Å². The molecule has 3 aromatic rings. The second-order valence-electron chi connectivity index (χ2n) is 6.93. The van der Waals surface area contributed by atoms with Crippen molar-refractivity contribution in [2.24, 2.45) is 0 Å². The minimum atomic E-state index is -3.76. The molecule has 0 saturated carbocycles. The molecule has 0 aliphatic rings. The molecule has 0 unspecified atom stereocenters. The van der Waals surface area contributed by atoms with E-state index in [0.717, 1.165) is 12.0 Å². The summed E-state index contributed by atoms with van der Waals surface area (Å²) in [6.07, 6.45) is 0.881. The van der Waals surface area contributed by atoms with Crippen LogP contribution in [0.1, 0.15) is 19.4 Å². The molecule has 168 valence electrons. The largest absolute Gasteiger partial charge is 0.494 e. The van der Waals surface area contributed by atoms with Crippen molar-refractivity contribution >= 4 is 27.3 Å². The van der Waals surface area contributed by atoms with Gasteiger partial charge in [0.2, 0.25) is 0 Å². The summed E-state index contributed by atoms with van der Waals surface area (Å²) in [5.74, 6) is 0.953. The summed E-state index contributed by atoms with van der Waals surface area (Å²) < 4.78 is 38.6. The standard InChI is InChI=1S/C24H26N2O5S/c1-3-18-6-5-7-22(16-18)31-17-24(27)25-19-10-14-23(15-11-19)32(28,29)26-20-8-12-21(13-9-20)30-4-2/h5-16,26H,3-4,17H2,1-2H3,(H,25,27). The first kappa shape index (κ1) is 23.1. The fourth-order valence-electron chi connectivity index (χ4n) is 2.92. The van der Waals surface area contributed by atoms with Crippen molar-refractivity contribution in [3.63, 3.8) is 0 Å². The molecule has 0 aliphatic carbocycles. The summed E-state index contributed by atoms with van der Waals surface area (Å²) in [4.78, 5) is 12.2. The van der Waals surface area contributed by atoms with Gasteiger partial charge in [-0.2, -0.15) is 0 Å². The molecular formula is C24H26N2O5S. The minimum Gasteiger partial charge on any atom is -0.494 e. The first-order chi connectivity index (χ1) is 15.4. The van der Waals surface area contributed by atoms with Crippen LogP contribution >= 0.6 is 0 Å². The molecule has 3 aromatic carbocycles. The summed E-state index contributed by atoms with van der Waals surface area (Å²) in [5.41, 5.74) is 2.02. The van der Waals surface area contributed by atoms with Crippen LogP contribution in [0.5, 0.6) is 11.5 Å². The Labute approximate surface area is 188 Å². The Hall–Kier alpha value is -3.52. The molecule has 1 amide bonds. The van der Waals surface area contributed by atoms with Gasteiger partial charge in [0, 0.05) is 11.4 Å². The Morgan fingerprint density at radius 1 is 0.844 bits per heavy atom. The number of nitrogens with one attached hydrogen (secondary N) is 2. The Morgan fingerprint density at radius 2 is 1.53 bits per heavy atom. The number of hydrogen-bond donors (Lipinski definition) is 2. The zero-order valence-corrected chi connectivity index (χ0v) is 18.8. The second-order valence-corrected chi connectivity index (χ2v) is 8.61. The second kappa shape index (κ2) is 10.7. The van der Waals surface area contributed by atoms with Gasteiger partial charge < -0.3 is 14.8 Å². The summed E-state index contributed by atoms with van der Waals surface area (Å²) in [5, 5.41) is 2.69. The highest BCUT2D eigenvalue weighted by Crippen LogP contribution is 2.21. The van der Waals surface area contributed by atoms with E-state index in [1.807, 2.05) is 32.0 Å². The number of benzene rings is 3. The average molecular weight is 455 g/mol. The number of carbonyl (C=O) groups is 1. The number of anilines is 2. The Balaban J connectivity index is 1.56. The van der Waals surface area contributed by atoms with Crippen molar-refractivity contribution in [1.82, 2.24) is 0 Å². The lowest BCUT2D eigenvalue weighted by molar-refractivity contribution is -0.118. The lowest BCUT2D eigenvalue weighted by atomic mass is 10.2. The maximum Gasteiger partial charge on any atom is 0.262 e. The highest BCUT2D eigenvalue weighted by molar-refractivity contribution is 7.92. The molecule has 8 heteroatoms. The number of sulfonamides is 1. The van der Waals surface area contributed by atoms with Crippen LogP contribution in [0.25, 0.3) is 0 Å². The van der Waals surface area contributed by atoms with Gasteiger partial charge in [-0.05, 0) is 79.6 Å². The van der Waals surface area contributed by atoms with Crippen molar-refractivity contribution in [3.05, 3.63) is 78.4 Å². The van der Waals surface area contributed by atoms with E-state index in [4.69, 9.17) is 9.47 Å². The third kappa shape index (κ3) is 6.49. The van der Waals surface area contributed by atoms with Gasteiger partial charge in [0.25, 0.3) is 15.9 Å². The monoisotopic (exact) mass is 454 g/mol. The van der Waals surface area contributed by atoms with Crippen LogP contribution in [0, 0.1) is 0 Å². The van der Waals surface area contributed by atoms with Crippen LogP contribution in [0.3, 0.4) is 0 Å². The molecule has 0 aliphatic heterocycles. The zero-order chi connectivity index (χ0) is 23.0. The van der Waals surface area contributed by atoms with E-state index in [9.17, 15) is 13.2 Å². The van der Waals surface area contributed by atoms with Gasteiger partial charge in [-0.1, -0.05) is 19.1 Å². The number of hydrogen-bond acceptors (Lipinski definition) is 5. The van der Waals surface area contributed by atoms with Crippen LogP contribution in [-0.4, -0.2) is 27.5 Å². The molecule has 0 spiro atoms. The summed E-state index contributed by atoms with van der Waals surface area (Å²) >= 11 is 0. The molecule has 0 radical (unpaired) electrons. The van der Waals surface area contributed by atoms with E-state index in [1.165, 1.54) is 24.3 Å². The summed E-state index contributed by atoms with van der Waals surface area (Å²) in [6.45, 7) is 4.31. The van der Waals surface area contributed by atoms with E-state index < -0.39 is 10.0 Å². The third-order valence-electron chi connectivity index (χ3n) is 4.54. The maximum atomic E-state index is 12.6. The average Bonchev–Trinajstić information content (AvgIpc) is 2.79. The summed E-state index contributed by atoms with van der Waals surface area (Å²) in [7, 11) is -3.76. The quantitative estimate of drug-likeness (QED) is 0.472. The lowest BCUT2D eigenvalue weighted by Crippen LogP contribution is -2.20. The first-order valence-electron chi connectivity index (χ1n) is 10.3. The van der Waals surface area contributed by atoms with Crippen molar-refractivity contribution < 1.29 is 22.7 Å². The van der Waals surface area contributed by atoms with Crippen LogP contribution in [0.4, 0.5) is 11.4 Å². The smallest absolute Gasteiger partial charge is 0.262 e. The predicted octanol–water partition coefficient (Wildman–Crippen LogP) is 4.47. The van der Waals surface area contributed by atoms with E-state index in [2.05, 4.69) is 10.0 Å². The Bertz CT molecular complexity index is 1140. The Morgan fingerprint density at radius 3 is 2.19 bits per heavy atom. The highest BCUT2D eigenvalue weighted by atomic mass is 32.2. The van der Waals surface area contributed by atoms with Gasteiger partial charge in [-0.3, -0.25) is 9.52 Å². The topological polar surface area (TPSA) is 93.7 Å². The van der Waals surface area contributed by atoms with Crippen LogP contribution < -0.4 is 19.5 Å². The lowest BCUT2D eigenvalue weighted by Gasteiger charge is -2.11. The molecule has 32 heavy (non-hydrogen) atoms. The van der Waals surface area contributed by atoms with Crippen LogP contribution in [0.2, 0.25) is 0 Å². The molecule has 0 fully saturated rings. The molecule has 0 saturated heterocycles. The van der Waals surface area contributed by atoms with Gasteiger partial charge in [0.15, 0.2) is 6.61 Å². The van der Waals surface area contributed by atoms with Gasteiger partial charge in [0.1, 0.15) is 11.5 Å². The van der Waals surface area contributed by atoms with E-state index in [-0.39, 0.29) is 17.4 Å². The third-order valence-corrected chi connectivity index (χ3v) is 5.94. The van der Waals surface area contributed by atoms with Gasteiger partial charge in [0.05, 0.1) is 11.5 Å². The number of carbonyl (C=O) groups excluding carboxylic acids is 1. The predicted molar refractivity (Wildman–Crippen MR) is 125 cm³/mol. The molecular weight excluding hydrogens is 428 g/mol. The van der Waals surface area contributed by atoms with Crippen molar-refractivity contribution in [1.29, 1.82) is 0 Å². The maximum absolute atomic E-state index is 12.6. The number of rotatable bonds is 10. The number of ether oxygens (including phenoxy) is 2. The van der Waals surface area contributed by atoms with Crippen molar-refractivity contribution in [2.75, 3.05) is 23.3 Å². The SMILES string of the molecule is CCOc1ccc(NS(=O)(=O)c2ccc(NC(=O)COc3cccc(CC)c3)cc2)cc1. The van der Waals surface area contributed by atoms with Gasteiger partial charge >= 0.3 is 0 Å². The van der Waals surface area contributed by atoms with Crippen molar-refractivity contribution in [2.45, 2.75) is 25.2 Å². The first-order valence-corrected chi connectivity index (χ1v) is 11.7. The molecule has 7 nitrogen and oxygen atoms in total. The van der Waals surface area contributed by atoms with Crippen LogP contribution in [-0.2, 0) is 21.2 Å². The van der Waals surface area contributed by atoms with E-state index in [0.29, 0.717) is 29.5 Å². The number of amides is 1. The molecule has 0 heterocycles. The Kier molecular flexibility index (Phi) is 7.72. The van der Waals surface area contributed by atoms with Gasteiger partial charge in [-0.15, -0.1) is 0 Å². The fourth-order valence-corrected chi connectivity index (χ4v) is 3.98. The molecule has 3 rings (SSSR count). The molecule has 0 bridgehead atoms. The van der Waals surface area contributed by atoms with Crippen LogP contribution in [0.15, 0.2) is 77.7 Å². The minimum absolute atomic E-state index is 0.0806. The molecule has 0 aromatic heterocycles. The van der Waals surface area contributed by atoms with E-state index in [1.54, 1.807) is 30.3 Å². The van der Waals surface area contributed by atoms with Gasteiger partial charge in [-0.25, -0.2) is 8.42 Å². The number of aryl methyl sites for hydroxylation is 1. The molecule has 0 atom stereocenters. The zero-order valence-electron chi connectivity index (χ0n) is 18.0. The highest BCUT2D eigenvalue weighted by Gasteiger charge is 2.14. The molecule has 2 N–H and O–H groups in total.